The Morgan fingerprint density at radius 3 is 2.00 bits per heavy atom. The molecule has 0 unspecified atom stereocenters. The van der Waals surface area contributed by atoms with Crippen molar-refractivity contribution in [3.63, 3.8) is 0 Å². The quantitative estimate of drug-likeness (QED) is 0.166. The molecule has 3 fully saturated rings. The van der Waals surface area contributed by atoms with Gasteiger partial charge in [0.05, 0.1) is 12.7 Å². The molecule has 1 atom stereocenters. The summed E-state index contributed by atoms with van der Waals surface area (Å²) in [6, 6.07) is 32.2. The molecule has 5 N–H and O–H groups in total. The van der Waals surface area contributed by atoms with Crippen LogP contribution >= 0.6 is 0 Å². The zero-order valence-electron chi connectivity index (χ0n) is 30.6. The molecule has 0 spiro atoms. The van der Waals surface area contributed by atoms with Crippen LogP contribution in [0, 0.1) is 0 Å². The van der Waals surface area contributed by atoms with Gasteiger partial charge in [-0.3, -0.25) is 9.59 Å². The zero-order valence-corrected chi connectivity index (χ0v) is 30.6. The lowest BCUT2D eigenvalue weighted by molar-refractivity contribution is 0.0702. The van der Waals surface area contributed by atoms with Gasteiger partial charge in [-0.2, -0.15) is 0 Å². The molecule has 0 bridgehead atoms. The van der Waals surface area contributed by atoms with Crippen LogP contribution < -0.4 is 21.7 Å². The van der Waals surface area contributed by atoms with Gasteiger partial charge in [0, 0.05) is 50.3 Å². The molecule has 4 heterocycles. The fourth-order valence-electron chi connectivity index (χ4n) is 8.24. The molecule has 10 nitrogen and oxygen atoms in total. The smallest absolute Gasteiger partial charge is 0.491 e. The van der Waals surface area contributed by atoms with E-state index in [2.05, 4.69) is 53.5 Å². The van der Waals surface area contributed by atoms with Gasteiger partial charge >= 0.3 is 7.12 Å². The number of benzene rings is 4. The number of rotatable bonds is 10. The number of hydrogen-bond acceptors (Lipinski definition) is 7. The molecule has 3 aliphatic heterocycles. The normalized spacial score (nSPS) is 18.4. The number of amides is 2. The monoisotopic (exact) mass is 725 g/mol. The number of nitrogens with zero attached hydrogens (tertiary/aromatic N) is 2. The first-order chi connectivity index (χ1) is 26.4. The summed E-state index contributed by atoms with van der Waals surface area (Å²) in [4.78, 5) is 34.3. The van der Waals surface area contributed by atoms with Crippen LogP contribution in [-0.4, -0.2) is 79.2 Å². The fraction of sp³-hybridized carbons (Fsp3) is 0.349. The van der Waals surface area contributed by atoms with Crippen molar-refractivity contribution in [3.8, 4) is 5.75 Å². The first kappa shape index (κ1) is 36.1. The number of likely N-dealkylation sites (tertiary alicyclic amines) is 2. The van der Waals surface area contributed by atoms with Gasteiger partial charge in [0.15, 0.2) is 0 Å². The third kappa shape index (κ3) is 7.81. The maximum Gasteiger partial charge on any atom is 0.495 e. The number of nitrogens with two attached hydrogens (primary N) is 2. The highest BCUT2D eigenvalue weighted by Crippen LogP contribution is 2.31. The first-order valence-corrected chi connectivity index (χ1v) is 19.2. The Morgan fingerprint density at radius 2 is 1.35 bits per heavy atom. The van der Waals surface area contributed by atoms with Crippen LogP contribution in [0.5, 0.6) is 5.75 Å². The Morgan fingerprint density at radius 1 is 0.741 bits per heavy atom. The summed E-state index contributed by atoms with van der Waals surface area (Å²) < 4.78 is 18.6. The molecular formula is C43H48BN5O5. The lowest BCUT2D eigenvalue weighted by Crippen LogP contribution is -2.38. The lowest BCUT2D eigenvalue weighted by atomic mass is 9.77. The van der Waals surface area contributed by atoms with E-state index in [9.17, 15) is 9.59 Å². The standard InChI is InChI=1S/C43H48BN5O5/c45-25-29-5-1-7-33(21-29)31-13-17-48(18-14-31)42(50)35-9-3-10-36(23-35)52-27-37-28-53-44(54-37)39-11-4-12-40-38(39)24-41(47-40)43(51)49-19-15-32(16-20-49)34-8-2-6-30(22-34)26-46/h1-12,21-24,31-32,37,47H,13-20,25-28,45-46H2/t37-/m0/s1. The minimum Gasteiger partial charge on any atom is -0.491 e. The Balaban J connectivity index is 0.843. The van der Waals surface area contributed by atoms with E-state index in [1.165, 1.54) is 11.1 Å². The van der Waals surface area contributed by atoms with E-state index in [1.54, 1.807) is 0 Å². The van der Waals surface area contributed by atoms with Crippen molar-refractivity contribution in [1.82, 2.24) is 14.8 Å². The largest absolute Gasteiger partial charge is 0.495 e. The number of piperidine rings is 2. The van der Waals surface area contributed by atoms with Crippen molar-refractivity contribution >= 4 is 35.3 Å². The molecule has 1 aromatic heterocycles. The van der Waals surface area contributed by atoms with Crippen molar-refractivity contribution in [1.29, 1.82) is 0 Å². The van der Waals surface area contributed by atoms with E-state index in [1.807, 2.05) is 58.3 Å². The van der Waals surface area contributed by atoms with Gasteiger partial charge in [0.2, 0.25) is 0 Å². The lowest BCUT2D eigenvalue weighted by Gasteiger charge is -2.32. The Kier molecular flexibility index (Phi) is 10.8. The van der Waals surface area contributed by atoms with Gasteiger partial charge < -0.3 is 40.3 Å². The molecule has 54 heavy (non-hydrogen) atoms. The molecule has 0 saturated carbocycles. The van der Waals surface area contributed by atoms with Crippen LogP contribution in [0.25, 0.3) is 10.9 Å². The van der Waals surface area contributed by atoms with E-state index in [4.69, 9.17) is 25.5 Å². The number of ether oxygens (including phenoxy) is 1. The predicted molar refractivity (Wildman–Crippen MR) is 211 cm³/mol. The summed E-state index contributed by atoms with van der Waals surface area (Å²) in [6.45, 7) is 4.54. The molecule has 0 radical (unpaired) electrons. The van der Waals surface area contributed by atoms with Crippen molar-refractivity contribution in [2.45, 2.75) is 56.7 Å². The number of H-pyrrole nitrogens is 1. The van der Waals surface area contributed by atoms with Crippen molar-refractivity contribution in [2.24, 2.45) is 11.5 Å². The van der Waals surface area contributed by atoms with Gasteiger partial charge in [0.1, 0.15) is 18.1 Å². The molecular weight excluding hydrogens is 677 g/mol. The maximum atomic E-state index is 13.6. The van der Waals surface area contributed by atoms with Crippen LogP contribution in [0.4, 0.5) is 0 Å². The molecule has 4 aromatic carbocycles. The van der Waals surface area contributed by atoms with Crippen LogP contribution in [0.15, 0.2) is 97.1 Å². The number of carbonyl (C=O) groups is 2. The molecule has 3 saturated heterocycles. The summed E-state index contributed by atoms with van der Waals surface area (Å²) in [7, 11) is -0.588. The number of fused-ring (bicyclic) bond motifs is 1. The Labute approximate surface area is 316 Å². The second-order valence-corrected chi connectivity index (χ2v) is 14.8. The summed E-state index contributed by atoms with van der Waals surface area (Å²) in [5.41, 5.74) is 19.5. The molecule has 0 aliphatic carbocycles. The summed E-state index contributed by atoms with van der Waals surface area (Å²) in [6.07, 6.45) is 3.39. The van der Waals surface area contributed by atoms with Gasteiger partial charge in [-0.15, -0.1) is 0 Å². The Hall–Kier alpha value is -4.94. The van der Waals surface area contributed by atoms with E-state index >= 15 is 0 Å². The molecule has 11 heteroatoms. The third-order valence-electron chi connectivity index (χ3n) is 11.3. The van der Waals surface area contributed by atoms with E-state index in [0.717, 1.165) is 53.2 Å². The average Bonchev–Trinajstić information content (AvgIpc) is 3.91. The van der Waals surface area contributed by atoms with Gasteiger partial charge in [-0.25, -0.2) is 0 Å². The SMILES string of the molecule is NCc1cccc(C2CCN(C(=O)c3cccc(OC[C@H]4COB(c5cccc6[nH]c(C(=O)N7CCC(c8cccc(CN)c8)CC7)cc56)O4)c3)CC2)c1. The number of aromatic nitrogens is 1. The van der Waals surface area contributed by atoms with Crippen LogP contribution in [0.3, 0.4) is 0 Å². The van der Waals surface area contributed by atoms with Crippen LogP contribution in [0.1, 0.15) is 80.6 Å². The van der Waals surface area contributed by atoms with Crippen LogP contribution in [0.2, 0.25) is 0 Å². The minimum absolute atomic E-state index is 0.00430. The zero-order chi connectivity index (χ0) is 37.0. The second kappa shape index (κ2) is 16.2. The van der Waals surface area contributed by atoms with Crippen molar-refractivity contribution in [2.75, 3.05) is 39.4 Å². The number of carbonyl (C=O) groups excluding carboxylic acids is 2. The summed E-state index contributed by atoms with van der Waals surface area (Å²) in [5.74, 6) is 1.50. The fourth-order valence-corrected chi connectivity index (χ4v) is 8.24. The van der Waals surface area contributed by atoms with Crippen molar-refractivity contribution < 1.29 is 23.6 Å². The highest BCUT2D eigenvalue weighted by molar-refractivity contribution is 6.64. The van der Waals surface area contributed by atoms with Gasteiger partial charge in [-0.05, 0) is 101 Å². The first-order valence-electron chi connectivity index (χ1n) is 19.2. The predicted octanol–water partition coefficient (Wildman–Crippen LogP) is 5.31. The number of nitrogens with one attached hydrogen (secondary N) is 1. The van der Waals surface area contributed by atoms with E-state index in [-0.39, 0.29) is 24.5 Å². The highest BCUT2D eigenvalue weighted by atomic mass is 16.7. The Bertz CT molecular complexity index is 2110. The molecule has 8 rings (SSSR count). The summed E-state index contributed by atoms with van der Waals surface area (Å²) >= 11 is 0. The average molecular weight is 726 g/mol. The van der Waals surface area contributed by atoms with Crippen LogP contribution in [-0.2, 0) is 22.4 Å². The maximum absolute atomic E-state index is 13.6. The molecule has 278 valence electrons. The second-order valence-electron chi connectivity index (χ2n) is 14.8. The highest BCUT2D eigenvalue weighted by Gasteiger charge is 2.35. The number of hydrogen-bond donors (Lipinski definition) is 3. The molecule has 3 aliphatic rings. The topological polar surface area (TPSA) is 136 Å². The molecule has 5 aromatic rings. The molecule has 2 amide bonds. The van der Waals surface area contributed by atoms with Crippen molar-refractivity contribution in [3.05, 3.63) is 131 Å². The summed E-state index contributed by atoms with van der Waals surface area (Å²) in [5, 5.41) is 0.903. The minimum atomic E-state index is -0.588. The van der Waals surface area contributed by atoms with Gasteiger partial charge in [-0.1, -0.05) is 66.7 Å². The van der Waals surface area contributed by atoms with Gasteiger partial charge in [0.25, 0.3) is 11.8 Å². The van der Waals surface area contributed by atoms with E-state index in [0.29, 0.717) is 74.7 Å². The van der Waals surface area contributed by atoms with E-state index < -0.39 is 7.12 Å². The number of aromatic amines is 1. The third-order valence-corrected chi connectivity index (χ3v) is 11.3.